The van der Waals surface area contributed by atoms with Crippen molar-refractivity contribution >= 4 is 28.9 Å². The van der Waals surface area contributed by atoms with E-state index in [9.17, 15) is 4.79 Å². The zero-order valence-corrected chi connectivity index (χ0v) is 15.1. The molecule has 25 heavy (non-hydrogen) atoms. The van der Waals surface area contributed by atoms with Crippen molar-refractivity contribution in [2.75, 3.05) is 0 Å². The lowest BCUT2D eigenvalue weighted by Crippen LogP contribution is -2.33. The first-order chi connectivity index (χ1) is 11.9. The summed E-state index contributed by atoms with van der Waals surface area (Å²) in [4.78, 5) is 14.9. The minimum Gasteiger partial charge on any atom is -0.444 e. The summed E-state index contributed by atoms with van der Waals surface area (Å²) < 4.78 is 7.26. The molecule has 2 aromatic heterocycles. The predicted octanol–water partition coefficient (Wildman–Crippen LogP) is 3.57. The Morgan fingerprint density at radius 2 is 2.16 bits per heavy atom. The standard InChI is InChI=1S/C17H19N5O2S/c1-17(2,3)24-16(23)21-8-12-9-22(20-15(12)10-21)25-13-5-4-11-7-18-19-14(11)6-13/h4-7,9H,8,10H2,1-3H3,(H,18,19). The molecule has 0 aliphatic carbocycles. The highest BCUT2D eigenvalue weighted by Gasteiger charge is 2.30. The number of aromatic nitrogens is 4. The first-order valence-corrected chi connectivity index (χ1v) is 8.81. The minimum atomic E-state index is -0.488. The average Bonchev–Trinajstić information content (AvgIpc) is 3.18. The largest absolute Gasteiger partial charge is 0.444 e. The Morgan fingerprint density at radius 3 is 2.92 bits per heavy atom. The molecule has 7 nitrogen and oxygen atoms in total. The number of nitrogens with zero attached hydrogens (tertiary/aromatic N) is 4. The van der Waals surface area contributed by atoms with Gasteiger partial charge in [0.2, 0.25) is 0 Å². The van der Waals surface area contributed by atoms with Crippen LogP contribution >= 0.6 is 11.9 Å². The number of fused-ring (bicyclic) bond motifs is 2. The molecule has 0 spiro atoms. The maximum absolute atomic E-state index is 12.2. The number of carbonyl (C=O) groups is 1. The summed E-state index contributed by atoms with van der Waals surface area (Å²) in [5, 5.41) is 12.7. The van der Waals surface area contributed by atoms with Gasteiger partial charge in [0.15, 0.2) is 0 Å². The van der Waals surface area contributed by atoms with Crippen LogP contribution in [0.5, 0.6) is 0 Å². The van der Waals surface area contributed by atoms with Crippen LogP contribution in [0.1, 0.15) is 32.0 Å². The van der Waals surface area contributed by atoms with Gasteiger partial charge in [-0.3, -0.25) is 10.00 Å². The van der Waals surface area contributed by atoms with E-state index in [1.165, 1.54) is 11.9 Å². The van der Waals surface area contributed by atoms with Crippen LogP contribution in [-0.4, -0.2) is 36.0 Å². The summed E-state index contributed by atoms with van der Waals surface area (Å²) >= 11 is 1.53. The number of aromatic amines is 1. The van der Waals surface area contributed by atoms with Gasteiger partial charge in [-0.15, -0.1) is 0 Å². The number of H-pyrrole nitrogens is 1. The molecule has 1 aliphatic heterocycles. The first-order valence-electron chi connectivity index (χ1n) is 8.04. The Balaban J connectivity index is 1.45. The zero-order valence-electron chi connectivity index (χ0n) is 14.3. The number of ether oxygens (including phenoxy) is 1. The fourth-order valence-corrected chi connectivity index (χ4v) is 3.55. The van der Waals surface area contributed by atoms with Crippen molar-refractivity contribution in [3.05, 3.63) is 41.9 Å². The lowest BCUT2D eigenvalue weighted by molar-refractivity contribution is 0.0239. The molecular formula is C17H19N5O2S. The highest BCUT2D eigenvalue weighted by molar-refractivity contribution is 7.97. The number of carbonyl (C=O) groups excluding carboxylic acids is 1. The monoisotopic (exact) mass is 357 g/mol. The molecule has 1 aromatic carbocycles. The summed E-state index contributed by atoms with van der Waals surface area (Å²) in [5.74, 6) is 0. The highest BCUT2D eigenvalue weighted by Crippen LogP contribution is 2.28. The first kappa shape index (κ1) is 16.0. The van der Waals surface area contributed by atoms with Gasteiger partial charge in [-0.2, -0.15) is 10.2 Å². The van der Waals surface area contributed by atoms with E-state index in [4.69, 9.17) is 4.74 Å². The van der Waals surface area contributed by atoms with Gasteiger partial charge < -0.3 is 4.74 Å². The van der Waals surface area contributed by atoms with Gasteiger partial charge in [0, 0.05) is 34.0 Å². The van der Waals surface area contributed by atoms with Crippen LogP contribution in [0.3, 0.4) is 0 Å². The molecule has 0 atom stereocenters. The van der Waals surface area contributed by atoms with E-state index in [2.05, 4.69) is 15.3 Å². The van der Waals surface area contributed by atoms with Gasteiger partial charge >= 0.3 is 6.09 Å². The number of nitrogens with one attached hydrogen (secondary N) is 1. The lowest BCUT2D eigenvalue weighted by atomic mass is 10.2. The van der Waals surface area contributed by atoms with Crippen molar-refractivity contribution in [2.24, 2.45) is 0 Å². The van der Waals surface area contributed by atoms with E-state index >= 15 is 0 Å². The van der Waals surface area contributed by atoms with Crippen molar-refractivity contribution in [3.63, 3.8) is 0 Å². The average molecular weight is 357 g/mol. The lowest BCUT2D eigenvalue weighted by Gasteiger charge is -2.24. The molecule has 1 aliphatic rings. The smallest absolute Gasteiger partial charge is 0.410 e. The second-order valence-electron chi connectivity index (χ2n) is 7.05. The van der Waals surface area contributed by atoms with Crippen LogP contribution in [0.4, 0.5) is 4.79 Å². The van der Waals surface area contributed by atoms with Gasteiger partial charge in [-0.25, -0.2) is 8.88 Å². The maximum Gasteiger partial charge on any atom is 0.410 e. The van der Waals surface area contributed by atoms with E-state index in [0.29, 0.717) is 13.1 Å². The summed E-state index contributed by atoms with van der Waals surface area (Å²) in [6.45, 7) is 6.62. The molecule has 0 saturated carbocycles. The Bertz CT molecular complexity index is 917. The molecule has 8 heteroatoms. The molecule has 3 heterocycles. The maximum atomic E-state index is 12.2. The zero-order chi connectivity index (χ0) is 17.6. The molecule has 130 valence electrons. The van der Waals surface area contributed by atoms with Crippen LogP contribution in [-0.2, 0) is 17.8 Å². The summed E-state index contributed by atoms with van der Waals surface area (Å²) in [5.41, 5.74) is 2.49. The van der Waals surface area contributed by atoms with Crippen molar-refractivity contribution in [1.82, 2.24) is 24.3 Å². The van der Waals surface area contributed by atoms with Crippen LogP contribution in [0.15, 0.2) is 35.5 Å². The molecule has 0 saturated heterocycles. The normalized spacial score (nSPS) is 14.1. The highest BCUT2D eigenvalue weighted by atomic mass is 32.2. The Morgan fingerprint density at radius 1 is 1.32 bits per heavy atom. The molecule has 0 radical (unpaired) electrons. The third kappa shape index (κ3) is 3.34. The molecule has 1 N–H and O–H groups in total. The number of hydrogen-bond acceptors (Lipinski definition) is 5. The Labute approximate surface area is 149 Å². The topological polar surface area (TPSA) is 76.0 Å². The van der Waals surface area contributed by atoms with E-state index < -0.39 is 5.60 Å². The van der Waals surface area contributed by atoms with Crippen molar-refractivity contribution in [1.29, 1.82) is 0 Å². The Hall–Kier alpha value is -2.48. The Kier molecular flexibility index (Phi) is 3.72. The fraction of sp³-hybridized carbons (Fsp3) is 0.353. The summed E-state index contributed by atoms with van der Waals surface area (Å²) in [6.07, 6.45) is 3.48. The van der Waals surface area contributed by atoms with Gasteiger partial charge in [0.25, 0.3) is 0 Å². The molecule has 3 aromatic rings. The molecule has 0 fully saturated rings. The number of amides is 1. The minimum absolute atomic E-state index is 0.297. The van der Waals surface area contributed by atoms with Crippen molar-refractivity contribution in [3.8, 4) is 0 Å². The van der Waals surface area contributed by atoms with E-state index in [-0.39, 0.29) is 6.09 Å². The van der Waals surface area contributed by atoms with Crippen LogP contribution in [0.25, 0.3) is 10.9 Å². The van der Waals surface area contributed by atoms with E-state index in [1.54, 1.807) is 11.1 Å². The fourth-order valence-electron chi connectivity index (χ4n) is 2.71. The van der Waals surface area contributed by atoms with Gasteiger partial charge in [-0.1, -0.05) is 6.07 Å². The molecule has 0 bridgehead atoms. The third-order valence-electron chi connectivity index (χ3n) is 3.82. The quantitative estimate of drug-likeness (QED) is 0.759. The third-order valence-corrected chi connectivity index (χ3v) is 4.66. The van der Waals surface area contributed by atoms with Gasteiger partial charge in [0.05, 0.1) is 30.5 Å². The summed E-state index contributed by atoms with van der Waals surface area (Å²) in [7, 11) is 0. The van der Waals surface area contributed by atoms with Gasteiger partial charge in [-0.05, 0) is 32.9 Å². The number of rotatable bonds is 2. The number of benzene rings is 1. The molecule has 4 rings (SSSR count). The second kappa shape index (κ2) is 5.80. The van der Waals surface area contributed by atoms with Crippen molar-refractivity contribution < 1.29 is 9.53 Å². The molecular weight excluding hydrogens is 338 g/mol. The van der Waals surface area contributed by atoms with Crippen LogP contribution < -0.4 is 0 Å². The number of hydrogen-bond donors (Lipinski definition) is 1. The van der Waals surface area contributed by atoms with E-state index in [1.807, 2.05) is 49.3 Å². The SMILES string of the molecule is CC(C)(C)OC(=O)N1Cc2cn(Sc3ccc4cn[nH]c4c3)nc2C1. The second-order valence-corrected chi connectivity index (χ2v) is 8.08. The van der Waals surface area contributed by atoms with E-state index in [0.717, 1.165) is 27.1 Å². The predicted molar refractivity (Wildman–Crippen MR) is 95.1 cm³/mol. The van der Waals surface area contributed by atoms with Crippen LogP contribution in [0.2, 0.25) is 0 Å². The molecule has 1 amide bonds. The summed E-state index contributed by atoms with van der Waals surface area (Å²) in [6, 6.07) is 6.12. The van der Waals surface area contributed by atoms with Crippen LogP contribution in [0, 0.1) is 0 Å². The molecule has 0 unspecified atom stereocenters. The van der Waals surface area contributed by atoms with Gasteiger partial charge in [0.1, 0.15) is 5.60 Å². The van der Waals surface area contributed by atoms with Crippen molar-refractivity contribution in [2.45, 2.75) is 44.4 Å².